The number of pyridine rings is 2. The molecule has 1 N–H and O–H groups in total. The molecular weight excluding hydrogens is 467 g/mol. The van der Waals surface area contributed by atoms with E-state index in [1.165, 1.54) is 18.8 Å². The van der Waals surface area contributed by atoms with Crippen LogP contribution in [0.15, 0.2) is 35.3 Å². The lowest BCUT2D eigenvalue weighted by atomic mass is 10.1. The van der Waals surface area contributed by atoms with Gasteiger partial charge in [-0.3, -0.25) is 9.59 Å². The maximum atomic E-state index is 13.1. The molecule has 0 bridgehead atoms. The number of carbonyl (C=O) groups excluding carboxylic acids is 2. The maximum Gasteiger partial charge on any atom is 0.422 e. The molecule has 2 amide bonds. The van der Waals surface area contributed by atoms with Crippen molar-refractivity contribution in [2.24, 2.45) is 0 Å². The van der Waals surface area contributed by atoms with Gasteiger partial charge < -0.3 is 19.4 Å². The summed E-state index contributed by atoms with van der Waals surface area (Å²) < 4.78 is 47.3. The number of aryl methyl sites for hydroxylation is 2. The average Bonchev–Trinajstić information content (AvgIpc) is 3.35. The molecule has 1 unspecified atom stereocenters. The summed E-state index contributed by atoms with van der Waals surface area (Å²) in [5.41, 5.74) is 2.64. The first-order valence-corrected chi connectivity index (χ1v) is 10.7. The number of nitrogens with zero attached hydrogens (tertiary/aromatic N) is 4. The Kier molecular flexibility index (Phi) is 6.46. The van der Waals surface area contributed by atoms with Gasteiger partial charge in [0.1, 0.15) is 11.6 Å². The number of fused-ring (bicyclic) bond motifs is 1. The van der Waals surface area contributed by atoms with Gasteiger partial charge in [0.2, 0.25) is 11.8 Å². The second-order valence-corrected chi connectivity index (χ2v) is 8.18. The van der Waals surface area contributed by atoms with Crippen LogP contribution in [0.2, 0.25) is 0 Å². The molecule has 1 atom stereocenters. The van der Waals surface area contributed by atoms with E-state index in [-0.39, 0.29) is 36.5 Å². The van der Waals surface area contributed by atoms with Gasteiger partial charge in [-0.05, 0) is 38.5 Å². The third kappa shape index (κ3) is 5.26. The number of anilines is 1. The molecule has 4 heterocycles. The Bertz CT molecular complexity index is 1270. The minimum atomic E-state index is -4.47. The highest BCUT2D eigenvalue weighted by atomic mass is 19.4. The molecule has 12 heteroatoms. The number of hydrogen-bond acceptors (Lipinski definition) is 7. The highest BCUT2D eigenvalue weighted by Gasteiger charge is 2.34. The van der Waals surface area contributed by atoms with Crippen LogP contribution in [0.4, 0.5) is 19.0 Å². The summed E-state index contributed by atoms with van der Waals surface area (Å²) in [6, 6.07) is 2.77. The van der Waals surface area contributed by atoms with Gasteiger partial charge in [-0.25, -0.2) is 15.0 Å². The quantitative estimate of drug-likeness (QED) is 0.536. The number of nitrogens with one attached hydrogen (secondary N) is 1. The minimum absolute atomic E-state index is 0.0288. The van der Waals surface area contributed by atoms with Gasteiger partial charge in [-0.1, -0.05) is 0 Å². The van der Waals surface area contributed by atoms with Crippen LogP contribution in [0.3, 0.4) is 0 Å². The highest BCUT2D eigenvalue weighted by Crippen LogP contribution is 2.34. The molecule has 3 aromatic rings. The first kappa shape index (κ1) is 24.2. The zero-order chi connectivity index (χ0) is 25.3. The minimum Gasteiger partial charge on any atom is -0.468 e. The summed E-state index contributed by atoms with van der Waals surface area (Å²) in [5.74, 6) is -0.0270. The lowest BCUT2D eigenvalue weighted by Gasteiger charge is -2.25. The molecule has 0 spiro atoms. The van der Waals surface area contributed by atoms with Crippen LogP contribution in [0.5, 0.6) is 5.88 Å². The number of amides is 2. The van der Waals surface area contributed by atoms with E-state index in [0.717, 1.165) is 0 Å². The zero-order valence-corrected chi connectivity index (χ0v) is 19.1. The first-order valence-electron chi connectivity index (χ1n) is 10.7. The Balaban J connectivity index is 1.49. The smallest absolute Gasteiger partial charge is 0.422 e. The summed E-state index contributed by atoms with van der Waals surface area (Å²) in [6.07, 6.45) is -0.402. The van der Waals surface area contributed by atoms with Crippen LogP contribution < -0.4 is 10.1 Å². The number of aromatic nitrogens is 3. The van der Waals surface area contributed by atoms with Crippen LogP contribution in [0, 0.1) is 13.8 Å². The molecule has 184 valence electrons. The van der Waals surface area contributed by atoms with Gasteiger partial charge in [-0.15, -0.1) is 0 Å². The van der Waals surface area contributed by atoms with Gasteiger partial charge in [0, 0.05) is 29.1 Å². The summed E-state index contributed by atoms with van der Waals surface area (Å²) in [4.78, 5) is 39.4. The van der Waals surface area contributed by atoms with E-state index in [1.54, 1.807) is 37.8 Å². The van der Waals surface area contributed by atoms with Crippen molar-refractivity contribution in [1.82, 2.24) is 19.9 Å². The van der Waals surface area contributed by atoms with Crippen LogP contribution in [-0.4, -0.2) is 44.4 Å². The van der Waals surface area contributed by atoms with Gasteiger partial charge in [-0.2, -0.15) is 13.2 Å². The molecule has 1 aliphatic rings. The fourth-order valence-corrected chi connectivity index (χ4v) is 3.78. The normalized spacial score (nSPS) is 14.1. The molecule has 0 radical (unpaired) electrons. The SMILES string of the molecule is Cc1cc(C(C)N2Cc3c(ccnc3NC(=O)Cc3ocnc3C)C2=O)cnc1OCC(F)(F)F. The van der Waals surface area contributed by atoms with E-state index >= 15 is 0 Å². The fourth-order valence-electron chi connectivity index (χ4n) is 3.78. The van der Waals surface area contributed by atoms with Gasteiger partial charge in [0.25, 0.3) is 5.91 Å². The number of carbonyl (C=O) groups is 2. The Morgan fingerprint density at radius 1 is 1.29 bits per heavy atom. The summed E-state index contributed by atoms with van der Waals surface area (Å²) in [5, 5.41) is 2.73. The second-order valence-electron chi connectivity index (χ2n) is 8.18. The van der Waals surface area contributed by atoms with Crippen LogP contribution in [0.25, 0.3) is 0 Å². The van der Waals surface area contributed by atoms with Gasteiger partial charge >= 0.3 is 6.18 Å². The molecular formula is C23H22F3N5O4. The predicted octanol–water partition coefficient (Wildman–Crippen LogP) is 3.92. The van der Waals surface area contributed by atoms with E-state index in [2.05, 4.69) is 20.3 Å². The molecule has 35 heavy (non-hydrogen) atoms. The molecule has 0 saturated carbocycles. The number of rotatable bonds is 7. The Hall–Kier alpha value is -3.96. The predicted molar refractivity (Wildman–Crippen MR) is 117 cm³/mol. The van der Waals surface area contributed by atoms with E-state index in [0.29, 0.717) is 33.7 Å². The monoisotopic (exact) mass is 489 g/mol. The number of alkyl halides is 3. The molecule has 4 rings (SSSR count). The van der Waals surface area contributed by atoms with E-state index < -0.39 is 18.8 Å². The first-order chi connectivity index (χ1) is 16.5. The molecule has 3 aromatic heterocycles. The van der Waals surface area contributed by atoms with Crippen molar-refractivity contribution in [1.29, 1.82) is 0 Å². The van der Waals surface area contributed by atoms with Crippen LogP contribution in [0.1, 0.15) is 51.5 Å². The van der Waals surface area contributed by atoms with Crippen LogP contribution >= 0.6 is 0 Å². The lowest BCUT2D eigenvalue weighted by Crippen LogP contribution is -2.27. The number of hydrogen-bond donors (Lipinski definition) is 1. The van der Waals surface area contributed by atoms with Crippen molar-refractivity contribution in [2.75, 3.05) is 11.9 Å². The van der Waals surface area contributed by atoms with E-state index in [1.807, 2.05) is 0 Å². The van der Waals surface area contributed by atoms with E-state index in [9.17, 15) is 22.8 Å². The Labute approximate surface area is 198 Å². The van der Waals surface area contributed by atoms with Crippen molar-refractivity contribution >= 4 is 17.6 Å². The third-order valence-electron chi connectivity index (χ3n) is 5.67. The molecule has 1 aliphatic heterocycles. The average molecular weight is 489 g/mol. The van der Waals surface area contributed by atoms with Crippen molar-refractivity contribution in [2.45, 2.75) is 46.0 Å². The summed E-state index contributed by atoms with van der Waals surface area (Å²) >= 11 is 0. The van der Waals surface area contributed by atoms with Gasteiger partial charge in [0.05, 0.1) is 24.7 Å². The zero-order valence-electron chi connectivity index (χ0n) is 19.1. The molecule has 9 nitrogen and oxygen atoms in total. The Morgan fingerprint density at radius 2 is 2.06 bits per heavy atom. The summed E-state index contributed by atoms with van der Waals surface area (Å²) in [7, 11) is 0. The number of halogens is 3. The molecule has 0 saturated heterocycles. The highest BCUT2D eigenvalue weighted by molar-refractivity contribution is 6.01. The third-order valence-corrected chi connectivity index (χ3v) is 5.67. The molecule has 0 fully saturated rings. The van der Waals surface area contributed by atoms with Crippen molar-refractivity contribution < 1.29 is 31.9 Å². The second kappa shape index (κ2) is 9.35. The largest absolute Gasteiger partial charge is 0.468 e. The molecule has 0 aliphatic carbocycles. The van der Waals surface area contributed by atoms with Crippen molar-refractivity contribution in [3.8, 4) is 5.88 Å². The maximum absolute atomic E-state index is 13.1. The standard InChI is InChI=1S/C23H22F3N5O4/c1-12-6-15(8-28-21(12)34-10-23(24,25)26)14(3)31-9-17-16(22(31)33)4-5-27-20(17)30-19(32)7-18-13(2)29-11-35-18/h4-6,8,11,14H,7,9-10H2,1-3H3,(H,27,30,32). The van der Waals surface area contributed by atoms with Crippen molar-refractivity contribution in [3.63, 3.8) is 0 Å². The van der Waals surface area contributed by atoms with Crippen molar-refractivity contribution in [3.05, 3.63) is 64.6 Å². The topological polar surface area (TPSA) is 110 Å². The summed E-state index contributed by atoms with van der Waals surface area (Å²) in [6.45, 7) is 3.85. The number of ether oxygens (including phenoxy) is 1. The fraction of sp³-hybridized carbons (Fsp3) is 0.348. The lowest BCUT2D eigenvalue weighted by molar-refractivity contribution is -0.154. The number of oxazole rings is 1. The molecule has 0 aromatic carbocycles. The van der Waals surface area contributed by atoms with Gasteiger partial charge in [0.15, 0.2) is 13.0 Å². The van der Waals surface area contributed by atoms with Crippen LogP contribution in [-0.2, 0) is 17.8 Å². The Morgan fingerprint density at radius 3 is 2.71 bits per heavy atom. The van der Waals surface area contributed by atoms with E-state index in [4.69, 9.17) is 9.15 Å².